The number of carbonyl (C=O) groups is 1. The molecule has 1 aromatic rings. The number of aliphatic carboxylic acids is 1. The van der Waals surface area contributed by atoms with Gasteiger partial charge in [0.05, 0.1) is 0 Å². The molecular weight excluding hydrogens is 233 g/mol. The van der Waals surface area contributed by atoms with Gasteiger partial charge in [-0.05, 0) is 12.1 Å². The molecule has 16 heavy (non-hydrogen) atoms. The maximum atomic E-state index is 13.6. The lowest BCUT2D eigenvalue weighted by molar-refractivity contribution is -0.140. The number of carboxylic acid groups (broad SMARTS) is 1. The highest BCUT2D eigenvalue weighted by molar-refractivity contribution is 6.31. The highest BCUT2D eigenvalue weighted by atomic mass is 35.5. The minimum Gasteiger partial charge on any atom is -0.480 e. The Balaban J connectivity index is 3.31. The fourth-order valence-electron chi connectivity index (χ4n) is 1.58. The number of benzene rings is 1. The summed E-state index contributed by atoms with van der Waals surface area (Å²) in [5.74, 6) is -1.74. The monoisotopic (exact) mass is 245 g/mol. The highest BCUT2D eigenvalue weighted by Gasteiger charge is 2.37. The smallest absolute Gasteiger partial charge is 0.321 e. The van der Waals surface area contributed by atoms with E-state index in [1.807, 2.05) is 0 Å². The van der Waals surface area contributed by atoms with Crippen LogP contribution in [0.1, 0.15) is 19.4 Å². The Morgan fingerprint density at radius 2 is 2.12 bits per heavy atom. The first-order valence-corrected chi connectivity index (χ1v) is 5.09. The molecule has 0 bridgehead atoms. The van der Waals surface area contributed by atoms with Crippen LogP contribution in [-0.4, -0.2) is 17.1 Å². The number of carboxylic acids is 1. The van der Waals surface area contributed by atoms with E-state index in [1.54, 1.807) is 13.8 Å². The van der Waals surface area contributed by atoms with Gasteiger partial charge < -0.3 is 10.8 Å². The number of hydrogen-bond acceptors (Lipinski definition) is 2. The van der Waals surface area contributed by atoms with E-state index in [2.05, 4.69) is 0 Å². The van der Waals surface area contributed by atoms with Crippen LogP contribution in [0.4, 0.5) is 4.39 Å². The van der Waals surface area contributed by atoms with Gasteiger partial charge in [-0.3, -0.25) is 4.79 Å². The van der Waals surface area contributed by atoms with Crippen LogP contribution in [0.5, 0.6) is 0 Å². The van der Waals surface area contributed by atoms with Crippen molar-refractivity contribution in [3.8, 4) is 0 Å². The first-order valence-electron chi connectivity index (χ1n) is 4.71. The van der Waals surface area contributed by atoms with Crippen LogP contribution in [0, 0.1) is 5.82 Å². The van der Waals surface area contributed by atoms with Crippen LogP contribution in [0.3, 0.4) is 0 Å². The average Bonchev–Trinajstić information content (AvgIpc) is 2.15. The first kappa shape index (κ1) is 12.9. The van der Waals surface area contributed by atoms with Crippen molar-refractivity contribution in [3.05, 3.63) is 34.6 Å². The second kappa shape index (κ2) is 4.39. The molecule has 3 N–H and O–H groups in total. The molecule has 0 spiro atoms. The second-order valence-corrected chi connectivity index (χ2v) is 4.54. The standard InChI is InChI=1S/C11H13ClFNO2/c1-11(2,9(14)10(15)16)8-6(12)4-3-5-7(8)13/h3-5,9H,14H2,1-2H3,(H,15,16). The van der Waals surface area contributed by atoms with Gasteiger partial charge in [-0.25, -0.2) is 4.39 Å². The molecule has 0 aliphatic rings. The molecule has 0 aliphatic heterocycles. The summed E-state index contributed by atoms with van der Waals surface area (Å²) in [6, 6.07) is 2.99. The molecule has 0 radical (unpaired) electrons. The first-order chi connectivity index (χ1) is 7.28. The van der Waals surface area contributed by atoms with Gasteiger partial charge in [0.15, 0.2) is 0 Å². The second-order valence-electron chi connectivity index (χ2n) is 4.13. The quantitative estimate of drug-likeness (QED) is 0.858. The molecule has 1 rings (SSSR count). The van der Waals surface area contributed by atoms with Crippen LogP contribution in [0.15, 0.2) is 18.2 Å². The SMILES string of the molecule is CC(C)(c1c(F)cccc1Cl)C(N)C(=O)O. The minimum absolute atomic E-state index is 0.131. The molecule has 0 saturated carbocycles. The van der Waals surface area contributed by atoms with E-state index in [-0.39, 0.29) is 10.6 Å². The van der Waals surface area contributed by atoms with Gasteiger partial charge in [0.2, 0.25) is 0 Å². The van der Waals surface area contributed by atoms with Crippen molar-refractivity contribution in [3.63, 3.8) is 0 Å². The van der Waals surface area contributed by atoms with Crippen molar-refractivity contribution in [2.45, 2.75) is 25.3 Å². The molecular formula is C11H13ClFNO2. The maximum Gasteiger partial charge on any atom is 0.321 e. The van der Waals surface area contributed by atoms with Crippen LogP contribution in [-0.2, 0) is 10.2 Å². The Hall–Kier alpha value is -1.13. The molecule has 0 saturated heterocycles. The van der Waals surface area contributed by atoms with Crippen molar-refractivity contribution in [1.82, 2.24) is 0 Å². The van der Waals surface area contributed by atoms with Gasteiger partial charge in [0.1, 0.15) is 11.9 Å². The largest absolute Gasteiger partial charge is 0.480 e. The summed E-state index contributed by atoms with van der Waals surface area (Å²) in [5.41, 5.74) is 4.60. The average molecular weight is 246 g/mol. The number of rotatable bonds is 3. The van der Waals surface area contributed by atoms with Gasteiger partial charge in [0, 0.05) is 16.0 Å². The van der Waals surface area contributed by atoms with Crippen molar-refractivity contribution >= 4 is 17.6 Å². The fourth-order valence-corrected chi connectivity index (χ4v) is 1.98. The Bertz CT molecular complexity index is 400. The molecule has 1 unspecified atom stereocenters. The predicted molar refractivity (Wildman–Crippen MR) is 60.0 cm³/mol. The predicted octanol–water partition coefficient (Wildman–Crippen LogP) is 2.17. The topological polar surface area (TPSA) is 63.3 Å². The van der Waals surface area contributed by atoms with Crippen molar-refractivity contribution < 1.29 is 14.3 Å². The lowest BCUT2D eigenvalue weighted by atomic mass is 9.78. The van der Waals surface area contributed by atoms with E-state index >= 15 is 0 Å². The molecule has 0 fully saturated rings. The summed E-state index contributed by atoms with van der Waals surface area (Å²) in [7, 11) is 0. The van der Waals surface area contributed by atoms with Gasteiger partial charge >= 0.3 is 5.97 Å². The summed E-state index contributed by atoms with van der Waals surface area (Å²) in [6.45, 7) is 3.10. The van der Waals surface area contributed by atoms with Gasteiger partial charge in [-0.15, -0.1) is 0 Å². The van der Waals surface area contributed by atoms with Crippen LogP contribution >= 0.6 is 11.6 Å². The Morgan fingerprint density at radius 3 is 2.56 bits per heavy atom. The molecule has 5 heteroatoms. The third-order valence-electron chi connectivity index (χ3n) is 2.65. The lowest BCUT2D eigenvalue weighted by Gasteiger charge is -2.30. The summed E-state index contributed by atoms with van der Waals surface area (Å²) >= 11 is 5.87. The number of hydrogen-bond donors (Lipinski definition) is 2. The molecule has 88 valence electrons. The van der Waals surface area contributed by atoms with E-state index in [4.69, 9.17) is 22.4 Å². The van der Waals surface area contributed by atoms with Crippen molar-refractivity contribution in [2.24, 2.45) is 5.73 Å². The summed E-state index contributed by atoms with van der Waals surface area (Å²) in [6.07, 6.45) is 0. The van der Waals surface area contributed by atoms with Crippen LogP contribution in [0.25, 0.3) is 0 Å². The van der Waals surface area contributed by atoms with Gasteiger partial charge in [0.25, 0.3) is 0 Å². The van der Waals surface area contributed by atoms with Gasteiger partial charge in [-0.2, -0.15) is 0 Å². The van der Waals surface area contributed by atoms with Crippen LogP contribution < -0.4 is 5.73 Å². The Labute approximate surface area is 98.0 Å². The molecule has 0 aromatic heterocycles. The van der Waals surface area contributed by atoms with Gasteiger partial charge in [-0.1, -0.05) is 31.5 Å². The molecule has 1 atom stereocenters. The van der Waals surface area contributed by atoms with E-state index in [0.29, 0.717) is 0 Å². The van der Waals surface area contributed by atoms with Crippen molar-refractivity contribution in [2.75, 3.05) is 0 Å². The third kappa shape index (κ3) is 2.18. The Morgan fingerprint density at radius 1 is 1.56 bits per heavy atom. The van der Waals surface area contributed by atoms with Crippen LogP contribution in [0.2, 0.25) is 5.02 Å². The third-order valence-corrected chi connectivity index (χ3v) is 2.97. The minimum atomic E-state index is -1.22. The summed E-state index contributed by atoms with van der Waals surface area (Å²) < 4.78 is 13.6. The Kier molecular flexibility index (Phi) is 3.55. The zero-order valence-corrected chi connectivity index (χ0v) is 9.75. The fraction of sp³-hybridized carbons (Fsp3) is 0.364. The molecule has 0 aliphatic carbocycles. The molecule has 3 nitrogen and oxygen atoms in total. The van der Waals surface area contributed by atoms with E-state index in [1.165, 1.54) is 18.2 Å². The van der Waals surface area contributed by atoms with E-state index < -0.39 is 23.2 Å². The molecule has 0 heterocycles. The molecule has 0 amide bonds. The maximum absolute atomic E-state index is 13.6. The normalized spacial score (nSPS) is 13.6. The number of halogens is 2. The number of nitrogens with two attached hydrogens (primary N) is 1. The zero-order valence-electron chi connectivity index (χ0n) is 9.00. The van der Waals surface area contributed by atoms with E-state index in [9.17, 15) is 9.18 Å². The lowest BCUT2D eigenvalue weighted by Crippen LogP contribution is -2.47. The van der Waals surface area contributed by atoms with E-state index in [0.717, 1.165) is 0 Å². The highest BCUT2D eigenvalue weighted by Crippen LogP contribution is 2.34. The molecule has 1 aromatic carbocycles. The summed E-state index contributed by atoms with van der Waals surface area (Å²) in [5, 5.41) is 9.05. The van der Waals surface area contributed by atoms with Crippen molar-refractivity contribution in [1.29, 1.82) is 0 Å². The zero-order chi connectivity index (χ0) is 12.5. The summed E-state index contributed by atoms with van der Waals surface area (Å²) in [4.78, 5) is 10.9.